The lowest BCUT2D eigenvalue weighted by atomic mass is 10.1. The van der Waals surface area contributed by atoms with E-state index in [9.17, 15) is 9.59 Å². The van der Waals surface area contributed by atoms with Crippen LogP contribution in [0.25, 0.3) is 0 Å². The van der Waals surface area contributed by atoms with E-state index < -0.39 is 11.8 Å². The Balaban J connectivity index is 1.49. The summed E-state index contributed by atoms with van der Waals surface area (Å²) in [6.45, 7) is 2.91. The Kier molecular flexibility index (Phi) is 7.48. The maximum absolute atomic E-state index is 12.3. The molecule has 160 valence electrons. The fourth-order valence-electron chi connectivity index (χ4n) is 2.74. The molecule has 3 rings (SSSR count). The fourth-order valence-corrected chi connectivity index (χ4v) is 2.74. The second kappa shape index (κ2) is 10.7. The fraction of sp³-hybridized carbons (Fsp3) is 0.167. The third kappa shape index (κ3) is 6.24. The van der Waals surface area contributed by atoms with Gasteiger partial charge in [0.1, 0.15) is 23.9 Å². The first-order chi connectivity index (χ1) is 15.1. The van der Waals surface area contributed by atoms with Crippen LogP contribution in [0.2, 0.25) is 0 Å². The Morgan fingerprint density at radius 2 is 1.35 bits per heavy atom. The number of hydrogen-bond acceptors (Lipinski definition) is 5. The molecule has 7 heteroatoms. The van der Waals surface area contributed by atoms with Crippen molar-refractivity contribution in [1.29, 1.82) is 0 Å². The Morgan fingerprint density at radius 3 is 1.97 bits per heavy atom. The maximum Gasteiger partial charge on any atom is 0.269 e. The zero-order chi connectivity index (χ0) is 22.1. The normalized spacial score (nSPS) is 10.1. The summed E-state index contributed by atoms with van der Waals surface area (Å²) in [6, 6.07) is 21.0. The molecule has 0 saturated carbocycles. The van der Waals surface area contributed by atoms with E-state index in [1.807, 2.05) is 31.2 Å². The first kappa shape index (κ1) is 21.7. The Morgan fingerprint density at radius 1 is 0.742 bits per heavy atom. The lowest BCUT2D eigenvalue weighted by Crippen LogP contribution is -2.41. The molecule has 0 unspecified atom stereocenters. The van der Waals surface area contributed by atoms with E-state index in [-0.39, 0.29) is 0 Å². The van der Waals surface area contributed by atoms with Crippen molar-refractivity contribution in [3.8, 4) is 17.2 Å². The van der Waals surface area contributed by atoms with Gasteiger partial charge >= 0.3 is 0 Å². The molecule has 31 heavy (non-hydrogen) atoms. The maximum atomic E-state index is 12.3. The smallest absolute Gasteiger partial charge is 0.269 e. The van der Waals surface area contributed by atoms with Crippen molar-refractivity contribution < 1.29 is 23.8 Å². The molecule has 0 bridgehead atoms. The van der Waals surface area contributed by atoms with Crippen molar-refractivity contribution in [2.75, 3.05) is 13.7 Å². The quantitative estimate of drug-likeness (QED) is 0.542. The van der Waals surface area contributed by atoms with Gasteiger partial charge in [-0.1, -0.05) is 18.2 Å². The van der Waals surface area contributed by atoms with Crippen LogP contribution >= 0.6 is 0 Å². The SMILES string of the molecule is CCOc1ccc(OCc2ccc(C(=O)NNC(=O)c3cccc(OC)c3)cc2)cc1. The Bertz CT molecular complexity index is 1020. The van der Waals surface area contributed by atoms with Crippen LogP contribution in [0.1, 0.15) is 33.2 Å². The van der Waals surface area contributed by atoms with E-state index in [0.717, 1.165) is 17.1 Å². The first-order valence-electron chi connectivity index (χ1n) is 9.78. The minimum atomic E-state index is -0.437. The van der Waals surface area contributed by atoms with Crippen LogP contribution in [-0.2, 0) is 6.61 Å². The van der Waals surface area contributed by atoms with Crippen molar-refractivity contribution in [2.24, 2.45) is 0 Å². The summed E-state index contributed by atoms with van der Waals surface area (Å²) in [5.41, 5.74) is 6.50. The second-order valence-corrected chi connectivity index (χ2v) is 6.53. The van der Waals surface area contributed by atoms with Crippen molar-refractivity contribution in [1.82, 2.24) is 10.9 Å². The Labute approximate surface area is 180 Å². The molecule has 0 aliphatic carbocycles. The zero-order valence-electron chi connectivity index (χ0n) is 17.4. The third-order valence-corrected chi connectivity index (χ3v) is 4.38. The van der Waals surface area contributed by atoms with Gasteiger partial charge in [0.05, 0.1) is 13.7 Å². The molecule has 0 spiro atoms. The number of nitrogens with one attached hydrogen (secondary N) is 2. The summed E-state index contributed by atoms with van der Waals surface area (Å²) in [5.74, 6) is 1.22. The number of hydrogen-bond donors (Lipinski definition) is 2. The summed E-state index contributed by atoms with van der Waals surface area (Å²) in [6.07, 6.45) is 0. The first-order valence-corrected chi connectivity index (χ1v) is 9.78. The van der Waals surface area contributed by atoms with Crippen molar-refractivity contribution in [3.63, 3.8) is 0 Å². The van der Waals surface area contributed by atoms with Gasteiger partial charge in [-0.05, 0) is 67.1 Å². The molecular weight excluding hydrogens is 396 g/mol. The molecule has 2 amide bonds. The number of benzene rings is 3. The van der Waals surface area contributed by atoms with Crippen LogP contribution < -0.4 is 25.1 Å². The van der Waals surface area contributed by atoms with Gasteiger partial charge in [-0.3, -0.25) is 20.4 Å². The molecule has 7 nitrogen and oxygen atoms in total. The van der Waals surface area contributed by atoms with Gasteiger partial charge in [0.2, 0.25) is 0 Å². The van der Waals surface area contributed by atoms with Crippen molar-refractivity contribution in [3.05, 3.63) is 89.5 Å². The third-order valence-electron chi connectivity index (χ3n) is 4.38. The molecule has 0 aliphatic rings. The van der Waals surface area contributed by atoms with Crippen LogP contribution in [0, 0.1) is 0 Å². The molecule has 2 N–H and O–H groups in total. The molecular formula is C24H24N2O5. The average Bonchev–Trinajstić information content (AvgIpc) is 2.82. The van der Waals surface area contributed by atoms with E-state index in [1.54, 1.807) is 48.5 Å². The highest BCUT2D eigenvalue weighted by atomic mass is 16.5. The van der Waals surface area contributed by atoms with Crippen LogP contribution in [0.4, 0.5) is 0 Å². The Hall–Kier alpha value is -4.00. The van der Waals surface area contributed by atoms with E-state index in [2.05, 4.69) is 10.9 Å². The summed E-state index contributed by atoms with van der Waals surface area (Å²) < 4.78 is 16.2. The molecule has 0 saturated heterocycles. The molecule has 0 heterocycles. The minimum Gasteiger partial charge on any atom is -0.497 e. The average molecular weight is 420 g/mol. The van der Waals surface area contributed by atoms with Gasteiger partial charge in [-0.2, -0.15) is 0 Å². The summed E-state index contributed by atoms with van der Waals surface area (Å²) in [5, 5.41) is 0. The van der Waals surface area contributed by atoms with Crippen molar-refractivity contribution >= 4 is 11.8 Å². The highest BCUT2D eigenvalue weighted by molar-refractivity contribution is 5.99. The highest BCUT2D eigenvalue weighted by Crippen LogP contribution is 2.19. The predicted octanol–water partition coefficient (Wildman–Crippen LogP) is 3.75. The standard InChI is InChI=1S/C24H24N2O5/c1-3-30-20-11-13-21(14-12-20)31-16-17-7-9-18(10-8-17)23(27)25-26-24(28)19-5-4-6-22(15-19)29-2/h4-15H,3,16H2,1-2H3,(H,25,27)(H,26,28). The molecule has 3 aromatic rings. The molecule has 0 aliphatic heterocycles. The number of carbonyl (C=O) groups is 2. The number of hydrazine groups is 1. The number of amides is 2. The zero-order valence-corrected chi connectivity index (χ0v) is 17.4. The van der Waals surface area contributed by atoms with Gasteiger partial charge < -0.3 is 14.2 Å². The summed E-state index contributed by atoms with van der Waals surface area (Å²) in [7, 11) is 1.52. The molecule has 0 aromatic heterocycles. The lowest BCUT2D eigenvalue weighted by Gasteiger charge is -2.10. The topological polar surface area (TPSA) is 85.9 Å². The predicted molar refractivity (Wildman–Crippen MR) is 116 cm³/mol. The van der Waals surface area contributed by atoms with Crippen LogP contribution in [0.3, 0.4) is 0 Å². The lowest BCUT2D eigenvalue weighted by molar-refractivity contribution is 0.0846. The number of ether oxygens (including phenoxy) is 3. The van der Waals surface area contributed by atoms with Crippen LogP contribution in [0.15, 0.2) is 72.8 Å². The summed E-state index contributed by atoms with van der Waals surface area (Å²) >= 11 is 0. The molecule has 0 radical (unpaired) electrons. The second-order valence-electron chi connectivity index (χ2n) is 6.53. The van der Waals surface area contributed by atoms with Gasteiger partial charge in [0, 0.05) is 11.1 Å². The van der Waals surface area contributed by atoms with E-state index in [4.69, 9.17) is 14.2 Å². The van der Waals surface area contributed by atoms with Gasteiger partial charge in [0.15, 0.2) is 0 Å². The van der Waals surface area contributed by atoms with Crippen LogP contribution in [0.5, 0.6) is 17.2 Å². The molecule has 0 fully saturated rings. The number of rotatable bonds is 8. The number of carbonyl (C=O) groups excluding carboxylic acids is 2. The highest BCUT2D eigenvalue weighted by Gasteiger charge is 2.10. The van der Waals surface area contributed by atoms with E-state index >= 15 is 0 Å². The molecule has 3 aromatic carbocycles. The largest absolute Gasteiger partial charge is 0.497 e. The molecule has 0 atom stereocenters. The van der Waals surface area contributed by atoms with Crippen LogP contribution in [-0.4, -0.2) is 25.5 Å². The van der Waals surface area contributed by atoms with Gasteiger partial charge in [-0.25, -0.2) is 0 Å². The van der Waals surface area contributed by atoms with Gasteiger partial charge in [-0.15, -0.1) is 0 Å². The minimum absolute atomic E-state index is 0.364. The van der Waals surface area contributed by atoms with Gasteiger partial charge in [0.25, 0.3) is 11.8 Å². The van der Waals surface area contributed by atoms with E-state index in [0.29, 0.717) is 30.1 Å². The van der Waals surface area contributed by atoms with Crippen molar-refractivity contribution in [2.45, 2.75) is 13.5 Å². The summed E-state index contributed by atoms with van der Waals surface area (Å²) in [4.78, 5) is 24.5. The monoisotopic (exact) mass is 420 g/mol. The van der Waals surface area contributed by atoms with E-state index in [1.165, 1.54) is 7.11 Å². The number of methoxy groups -OCH3 is 1.